The second kappa shape index (κ2) is 40.0. The van der Waals surface area contributed by atoms with E-state index in [0.717, 1.165) is 25.7 Å². The number of aliphatic hydroxyl groups is 1. The average molecular weight is 649 g/mol. The number of carbonyl (C=O) groups excluding carboxylic acids is 1. The molecule has 0 bridgehead atoms. The third kappa shape index (κ3) is 37.3. The minimum atomic E-state index is -0.528. The van der Waals surface area contributed by atoms with E-state index < -0.39 is 6.10 Å². The van der Waals surface area contributed by atoms with Gasteiger partial charge in [0.2, 0.25) is 0 Å². The quantitative estimate of drug-likeness (QED) is 0.0411. The first-order chi connectivity index (χ1) is 22.7. The summed E-state index contributed by atoms with van der Waals surface area (Å²) in [6.07, 6.45) is 48.1. The molecule has 0 heterocycles. The molecule has 0 saturated carbocycles. The van der Waals surface area contributed by atoms with Gasteiger partial charge in [0, 0.05) is 13.0 Å². The predicted octanol–water partition coefficient (Wildman–Crippen LogP) is 13.2. The summed E-state index contributed by atoms with van der Waals surface area (Å²) in [5.41, 5.74) is 0. The number of hydrogen-bond acceptors (Lipinski definition) is 4. The second-order valence-electron chi connectivity index (χ2n) is 13.7. The Bertz CT molecular complexity index is 644. The first-order valence-electron chi connectivity index (χ1n) is 20.4. The molecule has 0 aromatic heterocycles. The lowest BCUT2D eigenvalue weighted by Gasteiger charge is -2.16. The van der Waals surface area contributed by atoms with Crippen LogP contribution in [0.5, 0.6) is 0 Å². The Morgan fingerprint density at radius 1 is 0.522 bits per heavy atom. The fourth-order valence-corrected chi connectivity index (χ4v) is 5.95. The van der Waals surface area contributed by atoms with Crippen LogP contribution in [-0.2, 0) is 14.3 Å². The van der Waals surface area contributed by atoms with E-state index in [0.29, 0.717) is 19.6 Å². The van der Waals surface area contributed by atoms with Gasteiger partial charge in [-0.2, -0.15) is 0 Å². The summed E-state index contributed by atoms with van der Waals surface area (Å²) in [7, 11) is 0. The number of ether oxygens (including phenoxy) is 2. The predicted molar refractivity (Wildman–Crippen MR) is 201 cm³/mol. The zero-order valence-electron chi connectivity index (χ0n) is 31.1. The van der Waals surface area contributed by atoms with Crippen molar-refractivity contribution < 1.29 is 19.4 Å². The number of esters is 1. The van der Waals surface area contributed by atoms with E-state index in [-0.39, 0.29) is 12.6 Å². The molecule has 272 valence electrons. The summed E-state index contributed by atoms with van der Waals surface area (Å²) in [5, 5.41) is 9.55. The maximum atomic E-state index is 12.1. The Kier molecular flexibility index (Phi) is 39.1. The summed E-state index contributed by atoms with van der Waals surface area (Å²) in [6, 6.07) is 0. The first kappa shape index (κ1) is 44.9. The van der Waals surface area contributed by atoms with Gasteiger partial charge in [0.05, 0.1) is 13.2 Å². The number of unbranched alkanes of at least 4 members (excludes halogenated alkanes) is 26. The zero-order chi connectivity index (χ0) is 33.4. The van der Waals surface area contributed by atoms with Gasteiger partial charge in [-0.25, -0.2) is 0 Å². The highest BCUT2D eigenvalue weighted by molar-refractivity contribution is 5.69. The minimum absolute atomic E-state index is 0.168. The molecule has 0 spiro atoms. The molecule has 46 heavy (non-hydrogen) atoms. The van der Waals surface area contributed by atoms with E-state index in [1.54, 1.807) is 0 Å². The topological polar surface area (TPSA) is 55.8 Å². The average Bonchev–Trinajstić information content (AvgIpc) is 3.06. The van der Waals surface area contributed by atoms with Crippen molar-refractivity contribution in [3.8, 4) is 0 Å². The van der Waals surface area contributed by atoms with Crippen LogP contribution in [0.4, 0.5) is 0 Å². The molecule has 1 unspecified atom stereocenters. The van der Waals surface area contributed by atoms with Crippen molar-refractivity contribution in [2.24, 2.45) is 0 Å². The van der Waals surface area contributed by atoms with Crippen LogP contribution in [0.2, 0.25) is 0 Å². The molecule has 4 heteroatoms. The van der Waals surface area contributed by atoms with Crippen LogP contribution in [0.15, 0.2) is 24.3 Å². The van der Waals surface area contributed by atoms with Gasteiger partial charge in [0.1, 0.15) is 6.10 Å². The molecule has 0 aromatic rings. The van der Waals surface area contributed by atoms with Gasteiger partial charge in [-0.15, -0.1) is 0 Å². The van der Waals surface area contributed by atoms with Crippen LogP contribution >= 0.6 is 0 Å². The number of carbonyl (C=O) groups is 1. The molecule has 1 atom stereocenters. The molecule has 0 radical (unpaired) electrons. The van der Waals surface area contributed by atoms with E-state index >= 15 is 0 Å². The molecule has 4 nitrogen and oxygen atoms in total. The summed E-state index contributed by atoms with van der Waals surface area (Å²) in [6.45, 7) is 5.34. The largest absolute Gasteiger partial charge is 0.457 e. The SMILES string of the molecule is CCCCCCC/C=C\C/C=C\CCCCCCCCCCCCCCOCC(CO)OC(=O)CCCCCCCCCCCC. The first-order valence-corrected chi connectivity index (χ1v) is 20.4. The van der Waals surface area contributed by atoms with Crippen molar-refractivity contribution in [1.29, 1.82) is 0 Å². The monoisotopic (exact) mass is 649 g/mol. The standard InChI is InChI=1S/C42H80O4/c1-3-5-7-9-11-13-15-16-17-18-19-20-21-22-23-24-25-26-27-28-30-32-34-36-38-45-40-41(39-43)46-42(44)37-35-33-31-29-14-12-10-8-6-4-2/h15-16,18-19,41,43H,3-14,17,20-40H2,1-2H3/b16-15-,19-18-. The number of aliphatic hydroxyl groups excluding tert-OH is 1. The molecule has 0 saturated heterocycles. The summed E-state index contributed by atoms with van der Waals surface area (Å²) < 4.78 is 11.1. The molecule has 0 rings (SSSR count). The molecule has 0 fully saturated rings. The molecule has 0 aliphatic rings. The highest BCUT2D eigenvalue weighted by atomic mass is 16.6. The number of rotatable bonds is 38. The van der Waals surface area contributed by atoms with Crippen molar-refractivity contribution in [3.63, 3.8) is 0 Å². The van der Waals surface area contributed by atoms with E-state index in [9.17, 15) is 9.90 Å². The van der Waals surface area contributed by atoms with Gasteiger partial charge in [-0.3, -0.25) is 4.79 Å². The van der Waals surface area contributed by atoms with Crippen LogP contribution in [0.25, 0.3) is 0 Å². The lowest BCUT2D eigenvalue weighted by Crippen LogP contribution is -2.27. The highest BCUT2D eigenvalue weighted by Crippen LogP contribution is 2.14. The smallest absolute Gasteiger partial charge is 0.306 e. The fraction of sp³-hybridized carbons (Fsp3) is 0.881. The molecule has 0 aliphatic carbocycles. The third-order valence-corrected chi connectivity index (χ3v) is 9.03. The van der Waals surface area contributed by atoms with Gasteiger partial charge in [0.15, 0.2) is 0 Å². The van der Waals surface area contributed by atoms with Crippen molar-refractivity contribution in [1.82, 2.24) is 0 Å². The zero-order valence-corrected chi connectivity index (χ0v) is 31.1. The third-order valence-electron chi connectivity index (χ3n) is 9.03. The molecule has 0 amide bonds. The number of hydrogen-bond donors (Lipinski definition) is 1. The summed E-state index contributed by atoms with van der Waals surface area (Å²) in [4.78, 5) is 12.1. The molecule has 0 aliphatic heterocycles. The van der Waals surface area contributed by atoms with Gasteiger partial charge in [-0.05, 0) is 44.9 Å². The normalized spacial score (nSPS) is 12.5. The van der Waals surface area contributed by atoms with Crippen molar-refractivity contribution in [2.75, 3.05) is 19.8 Å². The van der Waals surface area contributed by atoms with E-state index in [4.69, 9.17) is 9.47 Å². The Labute approximate surface area is 288 Å². The molecular weight excluding hydrogens is 568 g/mol. The summed E-state index contributed by atoms with van der Waals surface area (Å²) >= 11 is 0. The van der Waals surface area contributed by atoms with Crippen LogP contribution < -0.4 is 0 Å². The molecule has 0 aromatic carbocycles. The lowest BCUT2D eigenvalue weighted by molar-refractivity contribution is -0.154. The van der Waals surface area contributed by atoms with E-state index in [1.165, 1.54) is 167 Å². The van der Waals surface area contributed by atoms with E-state index in [2.05, 4.69) is 38.2 Å². The Hall–Kier alpha value is -1.13. The highest BCUT2D eigenvalue weighted by Gasteiger charge is 2.13. The van der Waals surface area contributed by atoms with Gasteiger partial charge in [-0.1, -0.05) is 186 Å². The van der Waals surface area contributed by atoms with Crippen molar-refractivity contribution >= 4 is 5.97 Å². The summed E-state index contributed by atoms with van der Waals surface area (Å²) in [5.74, 6) is -0.201. The molecule has 1 N–H and O–H groups in total. The van der Waals surface area contributed by atoms with Crippen molar-refractivity contribution in [2.45, 2.75) is 219 Å². The maximum Gasteiger partial charge on any atom is 0.306 e. The lowest BCUT2D eigenvalue weighted by atomic mass is 10.0. The fourth-order valence-electron chi connectivity index (χ4n) is 5.95. The Morgan fingerprint density at radius 2 is 0.913 bits per heavy atom. The van der Waals surface area contributed by atoms with E-state index in [1.807, 2.05) is 0 Å². The van der Waals surface area contributed by atoms with Crippen LogP contribution in [-0.4, -0.2) is 37.0 Å². The van der Waals surface area contributed by atoms with Crippen LogP contribution in [0, 0.1) is 0 Å². The minimum Gasteiger partial charge on any atom is -0.457 e. The van der Waals surface area contributed by atoms with Crippen LogP contribution in [0.1, 0.15) is 213 Å². The maximum absolute atomic E-state index is 12.1. The second-order valence-corrected chi connectivity index (χ2v) is 13.7. The Morgan fingerprint density at radius 3 is 1.35 bits per heavy atom. The van der Waals surface area contributed by atoms with Gasteiger partial charge < -0.3 is 14.6 Å². The van der Waals surface area contributed by atoms with Gasteiger partial charge >= 0.3 is 5.97 Å². The molecular formula is C42H80O4. The number of allylic oxidation sites excluding steroid dienone is 4. The van der Waals surface area contributed by atoms with Crippen molar-refractivity contribution in [3.05, 3.63) is 24.3 Å². The Balaban J connectivity index is 3.37. The van der Waals surface area contributed by atoms with Gasteiger partial charge in [0.25, 0.3) is 0 Å². The van der Waals surface area contributed by atoms with Crippen LogP contribution in [0.3, 0.4) is 0 Å².